The minimum Gasteiger partial charge on any atom is -0.483 e. The van der Waals surface area contributed by atoms with Gasteiger partial charge in [-0.3, -0.25) is 9.78 Å². The molecule has 0 saturated heterocycles. The maximum atomic E-state index is 12.7. The molecule has 1 heterocycles. The molecule has 0 aliphatic heterocycles. The van der Waals surface area contributed by atoms with Gasteiger partial charge >= 0.3 is 18.4 Å². The molecule has 0 saturated carbocycles. The number of hydrogen-bond acceptors (Lipinski definition) is 4. The summed E-state index contributed by atoms with van der Waals surface area (Å²) in [5, 5.41) is 13.6. The van der Waals surface area contributed by atoms with Gasteiger partial charge in [-0.1, -0.05) is 12.1 Å². The third-order valence-corrected chi connectivity index (χ3v) is 4.31. The average Bonchev–Trinajstić information content (AvgIpc) is 2.70. The zero-order chi connectivity index (χ0) is 24.8. The summed E-state index contributed by atoms with van der Waals surface area (Å²) in [6, 6.07) is 4.46. The molecule has 2 atom stereocenters. The number of hydrogen-bond donors (Lipinski definition) is 3. The van der Waals surface area contributed by atoms with Gasteiger partial charge in [0.1, 0.15) is 5.75 Å². The van der Waals surface area contributed by atoms with Gasteiger partial charge in [-0.05, 0) is 36.8 Å². The fraction of sp³-hybridized carbons (Fsp3) is 0.350. The molecule has 1 aromatic heterocycles. The third-order valence-electron chi connectivity index (χ3n) is 4.31. The number of ether oxygens (including phenoxy) is 1. The van der Waals surface area contributed by atoms with Crippen LogP contribution < -0.4 is 15.4 Å². The van der Waals surface area contributed by atoms with Gasteiger partial charge < -0.3 is 20.5 Å². The third kappa shape index (κ3) is 8.50. The molecule has 3 N–H and O–H groups in total. The van der Waals surface area contributed by atoms with Crippen LogP contribution in [0.3, 0.4) is 0 Å². The lowest BCUT2D eigenvalue weighted by Gasteiger charge is -2.20. The van der Waals surface area contributed by atoms with Crippen LogP contribution in [-0.4, -0.2) is 34.9 Å². The van der Waals surface area contributed by atoms with Crippen molar-refractivity contribution in [1.29, 1.82) is 0 Å². The lowest BCUT2D eigenvalue weighted by Crippen LogP contribution is -2.34. The molecule has 180 valence electrons. The van der Waals surface area contributed by atoms with Gasteiger partial charge in [-0.15, -0.1) is 0 Å². The van der Waals surface area contributed by atoms with Crippen molar-refractivity contribution in [3.05, 3.63) is 59.4 Å². The number of aromatic nitrogens is 1. The Bertz CT molecular complexity index is 946. The van der Waals surface area contributed by atoms with Crippen LogP contribution in [-0.2, 0) is 11.0 Å². The van der Waals surface area contributed by atoms with Gasteiger partial charge in [-0.25, -0.2) is 4.79 Å². The topological polar surface area (TPSA) is 101 Å². The van der Waals surface area contributed by atoms with Crippen molar-refractivity contribution in [2.24, 2.45) is 0 Å². The molecule has 1 unspecified atom stereocenters. The number of nitrogens with zero attached hydrogens (tertiary/aromatic N) is 1. The van der Waals surface area contributed by atoms with Crippen LogP contribution in [0.25, 0.3) is 0 Å². The van der Waals surface area contributed by atoms with Gasteiger partial charge in [0, 0.05) is 0 Å². The minimum absolute atomic E-state index is 0.123. The second-order valence-electron chi connectivity index (χ2n) is 6.94. The lowest BCUT2D eigenvalue weighted by atomic mass is 10.0. The summed E-state index contributed by atoms with van der Waals surface area (Å²) in [7, 11) is 0. The van der Waals surface area contributed by atoms with E-state index in [0.717, 1.165) is 30.5 Å². The van der Waals surface area contributed by atoms with Crippen LogP contribution in [0.5, 0.6) is 5.75 Å². The lowest BCUT2D eigenvalue weighted by molar-refractivity contribution is -0.153. The molecule has 2 aromatic rings. The number of amides is 2. The Kier molecular flexibility index (Phi) is 8.12. The van der Waals surface area contributed by atoms with E-state index < -0.39 is 55.0 Å². The zero-order valence-corrected chi connectivity index (χ0v) is 17.0. The van der Waals surface area contributed by atoms with E-state index in [4.69, 9.17) is 5.11 Å². The van der Waals surface area contributed by atoms with Crippen LogP contribution in [0.4, 0.5) is 31.1 Å². The van der Waals surface area contributed by atoms with Crippen molar-refractivity contribution >= 4 is 12.0 Å². The van der Waals surface area contributed by atoms with E-state index in [1.54, 1.807) is 0 Å². The smallest absolute Gasteiger partial charge is 0.422 e. The summed E-state index contributed by atoms with van der Waals surface area (Å²) >= 11 is 0. The summed E-state index contributed by atoms with van der Waals surface area (Å²) in [6.07, 6.45) is -9.92. The number of alkyl halides is 6. The Hall–Kier alpha value is -3.51. The Balaban J connectivity index is 2.02. The molecule has 0 spiro atoms. The minimum atomic E-state index is -4.57. The quantitative estimate of drug-likeness (QED) is 0.480. The number of carbonyl (C=O) groups excluding carboxylic acids is 1. The highest BCUT2D eigenvalue weighted by molar-refractivity contribution is 5.78. The Morgan fingerprint density at radius 2 is 1.67 bits per heavy atom. The Morgan fingerprint density at radius 3 is 2.15 bits per heavy atom. The summed E-state index contributed by atoms with van der Waals surface area (Å²) in [6.45, 7) is 0.0520. The number of benzene rings is 1. The van der Waals surface area contributed by atoms with Crippen molar-refractivity contribution in [1.82, 2.24) is 15.6 Å². The first-order chi connectivity index (χ1) is 15.2. The first-order valence-electron chi connectivity index (χ1n) is 9.36. The number of carboxylic acid groups (broad SMARTS) is 1. The molecule has 0 aliphatic carbocycles. The van der Waals surface area contributed by atoms with Gasteiger partial charge in [-0.2, -0.15) is 26.3 Å². The van der Waals surface area contributed by atoms with Gasteiger partial charge in [0.25, 0.3) is 0 Å². The first-order valence-corrected chi connectivity index (χ1v) is 9.36. The van der Waals surface area contributed by atoms with Gasteiger partial charge in [0.05, 0.1) is 36.0 Å². The SMILES string of the molecule is C[C@@H](NC(=O)CC(NC(=O)O)c1ccc(C(F)(F)F)cc1)c1ccc(OCC(F)(F)F)cn1. The summed E-state index contributed by atoms with van der Waals surface area (Å²) in [4.78, 5) is 27.4. The normalized spacial score (nSPS) is 13.7. The second kappa shape index (κ2) is 10.4. The largest absolute Gasteiger partial charge is 0.483 e. The van der Waals surface area contributed by atoms with Gasteiger partial charge in [0.2, 0.25) is 5.91 Å². The van der Waals surface area contributed by atoms with E-state index in [9.17, 15) is 35.9 Å². The first kappa shape index (κ1) is 25.7. The van der Waals surface area contributed by atoms with Crippen LogP contribution in [0.15, 0.2) is 42.6 Å². The maximum Gasteiger partial charge on any atom is 0.422 e. The molecule has 2 rings (SSSR count). The highest BCUT2D eigenvalue weighted by Gasteiger charge is 2.31. The molecule has 1 aromatic carbocycles. The maximum absolute atomic E-state index is 12.7. The van der Waals surface area contributed by atoms with E-state index in [-0.39, 0.29) is 11.3 Å². The molecule has 33 heavy (non-hydrogen) atoms. The number of pyridine rings is 1. The molecule has 7 nitrogen and oxygen atoms in total. The predicted octanol–water partition coefficient (Wildman–Crippen LogP) is 4.62. The van der Waals surface area contributed by atoms with Crippen molar-refractivity contribution in [2.45, 2.75) is 37.8 Å². The molecular formula is C20H19F6N3O4. The fourth-order valence-corrected chi connectivity index (χ4v) is 2.76. The van der Waals surface area contributed by atoms with E-state index >= 15 is 0 Å². The standard InChI is InChI=1S/C20H19F6N3O4/c1-11(15-7-6-14(9-27-15)33-10-19(21,22)23)28-17(30)8-16(29-18(31)32)12-2-4-13(5-3-12)20(24,25)26/h2-7,9,11,16,29H,8,10H2,1H3,(H,28,30)(H,31,32)/t11-,16?/m1/s1. The van der Waals surface area contributed by atoms with Crippen molar-refractivity contribution in [3.63, 3.8) is 0 Å². The van der Waals surface area contributed by atoms with Crippen LogP contribution >= 0.6 is 0 Å². The van der Waals surface area contributed by atoms with Crippen LogP contribution in [0.2, 0.25) is 0 Å². The van der Waals surface area contributed by atoms with E-state index in [0.29, 0.717) is 5.69 Å². The van der Waals surface area contributed by atoms with E-state index in [2.05, 4.69) is 20.4 Å². The molecule has 0 aliphatic rings. The number of halogens is 6. The van der Waals surface area contributed by atoms with Crippen LogP contribution in [0.1, 0.15) is 42.2 Å². The number of rotatable bonds is 8. The number of nitrogens with one attached hydrogen (secondary N) is 2. The average molecular weight is 479 g/mol. The van der Waals surface area contributed by atoms with Crippen molar-refractivity contribution in [2.75, 3.05) is 6.61 Å². The van der Waals surface area contributed by atoms with Crippen LogP contribution in [0, 0.1) is 0 Å². The Morgan fingerprint density at radius 1 is 1.03 bits per heavy atom. The molecular weight excluding hydrogens is 460 g/mol. The highest BCUT2D eigenvalue weighted by atomic mass is 19.4. The molecule has 2 amide bonds. The van der Waals surface area contributed by atoms with Crippen molar-refractivity contribution in [3.8, 4) is 5.75 Å². The molecule has 13 heteroatoms. The van der Waals surface area contributed by atoms with E-state index in [1.165, 1.54) is 19.1 Å². The summed E-state index contributed by atoms with van der Waals surface area (Å²) in [5.41, 5.74) is -0.482. The molecule has 0 fully saturated rings. The van der Waals surface area contributed by atoms with Crippen molar-refractivity contribution < 1.29 is 45.8 Å². The molecule has 0 bridgehead atoms. The van der Waals surface area contributed by atoms with E-state index in [1.807, 2.05) is 0 Å². The monoisotopic (exact) mass is 479 g/mol. The molecule has 0 radical (unpaired) electrons. The zero-order valence-electron chi connectivity index (χ0n) is 17.0. The summed E-state index contributed by atoms with van der Waals surface area (Å²) in [5.74, 6) is -0.761. The number of carbonyl (C=O) groups is 2. The predicted molar refractivity (Wildman–Crippen MR) is 102 cm³/mol. The van der Waals surface area contributed by atoms with Gasteiger partial charge in [0.15, 0.2) is 6.61 Å². The summed E-state index contributed by atoms with van der Waals surface area (Å²) < 4.78 is 79.3. The second-order valence-corrected chi connectivity index (χ2v) is 6.94. The fourth-order valence-electron chi connectivity index (χ4n) is 2.76. The highest BCUT2D eigenvalue weighted by Crippen LogP contribution is 2.30. The Labute approximate surface area is 183 Å².